The third-order valence-electron chi connectivity index (χ3n) is 6.12. The molecular formula is C25H28ClN7O. The van der Waals surface area contributed by atoms with Crippen LogP contribution in [0.5, 0.6) is 0 Å². The van der Waals surface area contributed by atoms with E-state index in [0.717, 1.165) is 30.9 Å². The number of fused-ring (bicyclic) bond motifs is 2. The van der Waals surface area contributed by atoms with Crippen LogP contribution in [0.25, 0.3) is 16.9 Å². The fourth-order valence-corrected chi connectivity index (χ4v) is 4.52. The zero-order chi connectivity index (χ0) is 24.0. The van der Waals surface area contributed by atoms with Crippen molar-refractivity contribution in [2.75, 3.05) is 11.9 Å². The highest BCUT2D eigenvalue weighted by atomic mass is 35.5. The first-order valence-corrected chi connectivity index (χ1v) is 11.9. The maximum atomic E-state index is 13.1. The van der Waals surface area contributed by atoms with Crippen molar-refractivity contribution in [1.29, 1.82) is 0 Å². The second-order valence-corrected chi connectivity index (χ2v) is 9.95. The van der Waals surface area contributed by atoms with E-state index in [1.807, 2.05) is 31.2 Å². The Bertz CT molecular complexity index is 1450. The Labute approximate surface area is 203 Å². The molecular weight excluding hydrogens is 450 g/mol. The number of benzene rings is 1. The molecule has 8 nitrogen and oxygen atoms in total. The summed E-state index contributed by atoms with van der Waals surface area (Å²) in [6.07, 6.45) is 2.51. The van der Waals surface area contributed by atoms with E-state index in [9.17, 15) is 4.79 Å². The Balaban J connectivity index is 1.62. The van der Waals surface area contributed by atoms with Crippen LogP contribution in [0.3, 0.4) is 0 Å². The van der Waals surface area contributed by atoms with Crippen LogP contribution >= 0.6 is 11.6 Å². The third kappa shape index (κ3) is 3.97. The summed E-state index contributed by atoms with van der Waals surface area (Å²) >= 11 is 6.55. The molecule has 4 heterocycles. The summed E-state index contributed by atoms with van der Waals surface area (Å²) in [4.78, 5) is 27.1. The summed E-state index contributed by atoms with van der Waals surface area (Å²) in [5.74, 6) is 1.02. The maximum absolute atomic E-state index is 13.1. The van der Waals surface area contributed by atoms with Crippen molar-refractivity contribution in [2.45, 2.75) is 52.6 Å². The molecule has 0 radical (unpaired) electrons. The Morgan fingerprint density at radius 1 is 1.18 bits per heavy atom. The number of hydrogen-bond acceptors (Lipinski definition) is 6. The molecule has 1 aliphatic heterocycles. The number of nitrogens with one attached hydrogen (secondary N) is 2. The molecule has 0 fully saturated rings. The number of halogens is 1. The Hall–Kier alpha value is -3.23. The van der Waals surface area contributed by atoms with Crippen molar-refractivity contribution in [2.24, 2.45) is 0 Å². The maximum Gasteiger partial charge on any atom is 0.278 e. The van der Waals surface area contributed by atoms with Gasteiger partial charge in [0.2, 0.25) is 5.95 Å². The van der Waals surface area contributed by atoms with Crippen molar-refractivity contribution in [3.63, 3.8) is 0 Å². The molecule has 0 unspecified atom stereocenters. The lowest BCUT2D eigenvalue weighted by Gasteiger charge is -2.19. The summed E-state index contributed by atoms with van der Waals surface area (Å²) in [5.41, 5.74) is 4.37. The van der Waals surface area contributed by atoms with Crippen molar-refractivity contribution < 1.29 is 0 Å². The van der Waals surface area contributed by atoms with Crippen LogP contribution in [0.1, 0.15) is 44.5 Å². The van der Waals surface area contributed by atoms with E-state index in [1.54, 1.807) is 15.6 Å². The molecule has 9 heteroatoms. The lowest BCUT2D eigenvalue weighted by Crippen LogP contribution is -2.23. The van der Waals surface area contributed by atoms with Crippen LogP contribution in [0, 0.1) is 0 Å². The zero-order valence-electron chi connectivity index (χ0n) is 19.8. The topological polar surface area (TPSA) is 89.7 Å². The fraction of sp³-hybridized carbons (Fsp3) is 0.360. The van der Waals surface area contributed by atoms with Crippen LogP contribution in [-0.4, -0.2) is 30.9 Å². The predicted molar refractivity (Wildman–Crippen MR) is 135 cm³/mol. The first-order chi connectivity index (χ1) is 16.3. The molecule has 0 saturated carbocycles. The monoisotopic (exact) mass is 477 g/mol. The SMILES string of the molecule is CCn1c(=O)c2cnc(Nc3cc4c(cc3Cl)CNCC4)nc2n1-c1cccc(C(C)(C)C)n1. The van der Waals surface area contributed by atoms with E-state index in [0.29, 0.717) is 34.4 Å². The van der Waals surface area contributed by atoms with Crippen LogP contribution in [0.15, 0.2) is 41.3 Å². The third-order valence-corrected chi connectivity index (χ3v) is 6.43. The van der Waals surface area contributed by atoms with Crippen molar-refractivity contribution >= 4 is 34.3 Å². The largest absolute Gasteiger partial charge is 0.323 e. The fourth-order valence-electron chi connectivity index (χ4n) is 4.28. The second kappa shape index (κ2) is 8.52. The van der Waals surface area contributed by atoms with Gasteiger partial charge in [0.25, 0.3) is 5.56 Å². The first-order valence-electron chi connectivity index (χ1n) is 11.5. The number of aromatic nitrogens is 5. The lowest BCUT2D eigenvalue weighted by atomic mass is 9.92. The number of anilines is 2. The minimum atomic E-state index is -0.147. The average Bonchev–Trinajstić information content (AvgIpc) is 3.10. The van der Waals surface area contributed by atoms with E-state index in [1.165, 1.54) is 11.1 Å². The molecule has 176 valence electrons. The number of nitrogens with zero attached hydrogens (tertiary/aromatic N) is 5. The molecule has 0 saturated heterocycles. The Morgan fingerprint density at radius 2 is 2.00 bits per heavy atom. The van der Waals surface area contributed by atoms with Gasteiger partial charge in [-0.05, 0) is 55.3 Å². The highest BCUT2D eigenvalue weighted by Gasteiger charge is 2.21. The van der Waals surface area contributed by atoms with E-state index < -0.39 is 0 Å². The zero-order valence-corrected chi connectivity index (χ0v) is 20.6. The standard InChI is InChI=1S/C25H28ClN7O/c1-5-32-23(34)17-14-28-24(29-19-12-15-9-10-27-13-16(15)11-18(19)26)31-22(17)33(32)21-8-6-7-20(30-21)25(2,3)4/h6-8,11-12,14,27H,5,9-10,13H2,1-4H3,(H,28,29,31). The van der Waals surface area contributed by atoms with E-state index in [-0.39, 0.29) is 11.0 Å². The summed E-state index contributed by atoms with van der Waals surface area (Å²) in [5, 5.41) is 7.67. The Kier molecular flexibility index (Phi) is 5.65. The van der Waals surface area contributed by atoms with Gasteiger partial charge in [-0.25, -0.2) is 19.3 Å². The molecule has 2 N–H and O–H groups in total. The van der Waals surface area contributed by atoms with Gasteiger partial charge in [0, 0.05) is 30.4 Å². The molecule has 0 amide bonds. The number of hydrogen-bond donors (Lipinski definition) is 2. The summed E-state index contributed by atoms with van der Waals surface area (Å²) in [6.45, 7) is 10.5. The van der Waals surface area contributed by atoms with Crippen LogP contribution in [0.4, 0.5) is 11.6 Å². The van der Waals surface area contributed by atoms with Gasteiger partial charge in [0.1, 0.15) is 5.39 Å². The van der Waals surface area contributed by atoms with Crippen LogP contribution in [0.2, 0.25) is 5.02 Å². The quantitative estimate of drug-likeness (QED) is 0.454. The normalized spacial score (nSPS) is 13.8. The minimum absolute atomic E-state index is 0.128. The van der Waals surface area contributed by atoms with E-state index in [2.05, 4.69) is 42.5 Å². The minimum Gasteiger partial charge on any atom is -0.323 e. The van der Waals surface area contributed by atoms with Gasteiger partial charge < -0.3 is 10.6 Å². The molecule has 0 atom stereocenters. The van der Waals surface area contributed by atoms with Gasteiger partial charge >= 0.3 is 0 Å². The van der Waals surface area contributed by atoms with E-state index in [4.69, 9.17) is 21.6 Å². The van der Waals surface area contributed by atoms with Crippen molar-refractivity contribution in [1.82, 2.24) is 29.6 Å². The highest BCUT2D eigenvalue weighted by Crippen LogP contribution is 2.30. The molecule has 4 aromatic rings. The van der Waals surface area contributed by atoms with Crippen molar-refractivity contribution in [3.05, 3.63) is 68.7 Å². The van der Waals surface area contributed by atoms with Crippen LogP contribution in [-0.2, 0) is 24.9 Å². The Morgan fingerprint density at radius 3 is 2.76 bits per heavy atom. The highest BCUT2D eigenvalue weighted by molar-refractivity contribution is 6.33. The van der Waals surface area contributed by atoms with Gasteiger partial charge in [-0.15, -0.1) is 0 Å². The first kappa shape index (κ1) is 22.6. The van der Waals surface area contributed by atoms with E-state index >= 15 is 0 Å². The number of rotatable bonds is 4. The lowest BCUT2D eigenvalue weighted by molar-refractivity contribution is 0.545. The molecule has 1 aliphatic rings. The van der Waals surface area contributed by atoms with Gasteiger partial charge in [-0.3, -0.25) is 4.79 Å². The van der Waals surface area contributed by atoms with Crippen molar-refractivity contribution in [3.8, 4) is 5.82 Å². The molecule has 0 aliphatic carbocycles. The number of pyridine rings is 1. The molecule has 0 spiro atoms. The molecule has 5 rings (SSSR count). The van der Waals surface area contributed by atoms with Gasteiger partial charge in [0.05, 0.1) is 10.7 Å². The van der Waals surface area contributed by atoms with Gasteiger partial charge in [-0.2, -0.15) is 4.98 Å². The van der Waals surface area contributed by atoms with Gasteiger partial charge in [0.15, 0.2) is 11.5 Å². The summed E-state index contributed by atoms with van der Waals surface area (Å²) < 4.78 is 3.41. The van der Waals surface area contributed by atoms with Gasteiger partial charge in [-0.1, -0.05) is 38.4 Å². The molecule has 1 aromatic carbocycles. The summed E-state index contributed by atoms with van der Waals surface area (Å²) in [7, 11) is 0. The molecule has 3 aromatic heterocycles. The summed E-state index contributed by atoms with van der Waals surface area (Å²) in [6, 6.07) is 9.89. The van der Waals surface area contributed by atoms with Crippen LogP contribution < -0.4 is 16.2 Å². The molecule has 34 heavy (non-hydrogen) atoms. The second-order valence-electron chi connectivity index (χ2n) is 9.55. The average molecular weight is 478 g/mol. The smallest absolute Gasteiger partial charge is 0.278 e. The predicted octanol–water partition coefficient (Wildman–Crippen LogP) is 4.34. The molecule has 0 bridgehead atoms.